The van der Waals surface area contributed by atoms with Crippen LogP contribution in [0.15, 0.2) is 18.2 Å². The number of benzene rings is 1. The molecule has 0 aromatic heterocycles. The van der Waals surface area contributed by atoms with E-state index in [1.54, 1.807) is 6.07 Å². The minimum Gasteiger partial charge on any atom is -0.468 e. The predicted octanol–water partition coefficient (Wildman–Crippen LogP) is 0.0180. The maximum absolute atomic E-state index is 11.9. The van der Waals surface area contributed by atoms with Gasteiger partial charge in [0, 0.05) is 12.8 Å². The Bertz CT molecular complexity index is 650. The van der Waals surface area contributed by atoms with Crippen LogP contribution >= 0.6 is 0 Å². The van der Waals surface area contributed by atoms with Crippen LogP contribution in [0.1, 0.15) is 31.2 Å². The van der Waals surface area contributed by atoms with Crippen molar-refractivity contribution in [2.24, 2.45) is 17.2 Å². The van der Waals surface area contributed by atoms with Gasteiger partial charge in [-0.3, -0.25) is 14.4 Å². The summed E-state index contributed by atoms with van der Waals surface area (Å²) in [6, 6.07) is 3.76. The molecule has 1 aromatic carbocycles. The number of esters is 3. The number of nitrogens with two attached hydrogens (primary N) is 3. The number of carbonyl (C=O) groups excluding carboxylic acids is 3. The Morgan fingerprint density at radius 1 is 0.963 bits per heavy atom. The van der Waals surface area contributed by atoms with Crippen molar-refractivity contribution in [2.45, 2.75) is 38.1 Å². The van der Waals surface area contributed by atoms with Crippen molar-refractivity contribution in [2.75, 3.05) is 20.2 Å². The van der Waals surface area contributed by atoms with Crippen molar-refractivity contribution in [1.82, 2.24) is 0 Å². The molecular formula is C18H27N3O6. The fraction of sp³-hybridized carbons (Fsp3) is 0.500. The van der Waals surface area contributed by atoms with E-state index in [9.17, 15) is 14.4 Å². The Kier molecular flexibility index (Phi) is 10.0. The molecule has 1 unspecified atom stereocenters. The second kappa shape index (κ2) is 12.0. The van der Waals surface area contributed by atoms with Crippen molar-refractivity contribution in [1.29, 1.82) is 0 Å². The Morgan fingerprint density at radius 2 is 1.52 bits per heavy atom. The van der Waals surface area contributed by atoms with Gasteiger partial charge >= 0.3 is 17.9 Å². The fourth-order valence-electron chi connectivity index (χ4n) is 2.17. The molecule has 27 heavy (non-hydrogen) atoms. The van der Waals surface area contributed by atoms with Gasteiger partial charge in [0.05, 0.1) is 7.11 Å². The van der Waals surface area contributed by atoms with Gasteiger partial charge in [-0.05, 0) is 50.0 Å². The summed E-state index contributed by atoms with van der Waals surface area (Å²) in [5.74, 6) is -1.37. The van der Waals surface area contributed by atoms with Crippen molar-refractivity contribution >= 4 is 17.9 Å². The summed E-state index contributed by atoms with van der Waals surface area (Å²) < 4.78 is 15.2. The van der Waals surface area contributed by atoms with Crippen LogP contribution in [-0.4, -0.2) is 44.1 Å². The minimum absolute atomic E-state index is 0.0766. The molecule has 0 amide bonds. The lowest BCUT2D eigenvalue weighted by Gasteiger charge is -2.14. The molecular weight excluding hydrogens is 354 g/mol. The average molecular weight is 381 g/mol. The lowest BCUT2D eigenvalue weighted by molar-refractivity contribution is -0.142. The Hall–Kier alpha value is -2.49. The number of carbonyl (C=O) groups is 3. The normalized spacial score (nSPS) is 11.6. The third-order valence-corrected chi connectivity index (χ3v) is 3.59. The molecule has 0 aliphatic carbocycles. The molecule has 0 saturated heterocycles. The highest BCUT2D eigenvalue weighted by atomic mass is 16.6. The SMILES string of the molecule is COC(=O)C(N)Cc1ccc(OC(=O)CCCN)c(OC(=O)CCCN)c1. The minimum atomic E-state index is -0.867. The zero-order valence-electron chi connectivity index (χ0n) is 15.4. The molecule has 0 aliphatic rings. The number of rotatable bonds is 11. The van der Waals surface area contributed by atoms with E-state index in [1.165, 1.54) is 19.2 Å². The zero-order chi connectivity index (χ0) is 20.2. The number of ether oxygens (including phenoxy) is 3. The van der Waals surface area contributed by atoms with Gasteiger partial charge in [-0.1, -0.05) is 6.07 Å². The smallest absolute Gasteiger partial charge is 0.322 e. The molecule has 0 fully saturated rings. The number of hydrogen-bond donors (Lipinski definition) is 3. The van der Waals surface area contributed by atoms with Crippen LogP contribution < -0.4 is 26.7 Å². The highest BCUT2D eigenvalue weighted by molar-refractivity contribution is 5.77. The second-order valence-electron chi connectivity index (χ2n) is 5.85. The lowest BCUT2D eigenvalue weighted by Crippen LogP contribution is -2.33. The molecule has 0 bridgehead atoms. The first kappa shape index (κ1) is 22.6. The third kappa shape index (κ3) is 8.16. The topological polar surface area (TPSA) is 157 Å². The molecule has 150 valence electrons. The van der Waals surface area contributed by atoms with E-state index in [2.05, 4.69) is 4.74 Å². The van der Waals surface area contributed by atoms with Crippen LogP contribution in [0.4, 0.5) is 0 Å². The maximum Gasteiger partial charge on any atom is 0.322 e. The van der Waals surface area contributed by atoms with Crippen molar-refractivity contribution in [3.63, 3.8) is 0 Å². The quantitative estimate of drug-likeness (QED) is 0.355. The standard InChI is InChI=1S/C18H27N3O6/c1-25-18(24)13(21)10-12-6-7-14(26-16(22)4-2-8-19)15(11-12)27-17(23)5-3-9-20/h6-7,11,13H,2-5,8-10,19-21H2,1H3. The second-order valence-corrected chi connectivity index (χ2v) is 5.85. The monoisotopic (exact) mass is 381 g/mol. The molecule has 9 nitrogen and oxygen atoms in total. The highest BCUT2D eigenvalue weighted by Crippen LogP contribution is 2.30. The van der Waals surface area contributed by atoms with Gasteiger partial charge in [-0.25, -0.2) is 0 Å². The first-order valence-corrected chi connectivity index (χ1v) is 8.69. The third-order valence-electron chi connectivity index (χ3n) is 3.59. The predicted molar refractivity (Wildman–Crippen MR) is 98.0 cm³/mol. The molecule has 0 saturated carbocycles. The summed E-state index contributed by atoms with van der Waals surface area (Å²) in [7, 11) is 1.25. The lowest BCUT2D eigenvalue weighted by atomic mass is 10.1. The molecule has 1 atom stereocenters. The Morgan fingerprint density at radius 3 is 2.04 bits per heavy atom. The van der Waals surface area contributed by atoms with E-state index < -0.39 is 23.9 Å². The number of hydrogen-bond acceptors (Lipinski definition) is 9. The zero-order valence-corrected chi connectivity index (χ0v) is 15.4. The molecule has 6 N–H and O–H groups in total. The fourth-order valence-corrected chi connectivity index (χ4v) is 2.17. The van der Waals surface area contributed by atoms with E-state index in [0.29, 0.717) is 31.5 Å². The molecule has 9 heteroatoms. The summed E-state index contributed by atoms with van der Waals surface area (Å²) in [5, 5.41) is 0. The average Bonchev–Trinajstić information content (AvgIpc) is 2.65. The van der Waals surface area contributed by atoms with Crippen LogP contribution in [0.3, 0.4) is 0 Å². The summed E-state index contributed by atoms with van der Waals surface area (Å²) in [6.07, 6.45) is 1.39. The van der Waals surface area contributed by atoms with Gasteiger partial charge in [0.25, 0.3) is 0 Å². The van der Waals surface area contributed by atoms with Crippen LogP contribution in [0.25, 0.3) is 0 Å². The van der Waals surface area contributed by atoms with E-state index in [-0.39, 0.29) is 30.8 Å². The van der Waals surface area contributed by atoms with E-state index in [1.807, 2.05) is 0 Å². The van der Waals surface area contributed by atoms with Gasteiger partial charge < -0.3 is 31.4 Å². The highest BCUT2D eigenvalue weighted by Gasteiger charge is 2.18. The largest absolute Gasteiger partial charge is 0.468 e. The van der Waals surface area contributed by atoms with Crippen LogP contribution in [0.2, 0.25) is 0 Å². The molecule has 0 aliphatic heterocycles. The summed E-state index contributed by atoms with van der Waals surface area (Å²) in [6.45, 7) is 0.713. The first-order chi connectivity index (χ1) is 12.9. The van der Waals surface area contributed by atoms with Gasteiger partial charge in [-0.15, -0.1) is 0 Å². The summed E-state index contributed by atoms with van der Waals surface area (Å²) in [5.41, 5.74) is 17.1. The van der Waals surface area contributed by atoms with E-state index >= 15 is 0 Å². The van der Waals surface area contributed by atoms with Crippen molar-refractivity contribution < 1.29 is 28.6 Å². The van der Waals surface area contributed by atoms with Gasteiger partial charge in [-0.2, -0.15) is 0 Å². The number of methoxy groups -OCH3 is 1. The van der Waals surface area contributed by atoms with E-state index in [4.69, 9.17) is 26.7 Å². The Labute approximate surface area is 158 Å². The molecule has 0 heterocycles. The molecule has 0 spiro atoms. The van der Waals surface area contributed by atoms with Crippen LogP contribution in [0, 0.1) is 0 Å². The summed E-state index contributed by atoms with van der Waals surface area (Å²) >= 11 is 0. The maximum atomic E-state index is 11.9. The van der Waals surface area contributed by atoms with Gasteiger partial charge in [0.2, 0.25) is 0 Å². The van der Waals surface area contributed by atoms with Gasteiger partial charge in [0.1, 0.15) is 6.04 Å². The van der Waals surface area contributed by atoms with Crippen LogP contribution in [0.5, 0.6) is 11.5 Å². The van der Waals surface area contributed by atoms with Crippen molar-refractivity contribution in [3.8, 4) is 11.5 Å². The first-order valence-electron chi connectivity index (χ1n) is 8.69. The van der Waals surface area contributed by atoms with Crippen LogP contribution in [-0.2, 0) is 25.5 Å². The summed E-state index contributed by atoms with van der Waals surface area (Å²) in [4.78, 5) is 35.3. The van der Waals surface area contributed by atoms with Crippen molar-refractivity contribution in [3.05, 3.63) is 23.8 Å². The molecule has 0 radical (unpaired) electrons. The van der Waals surface area contributed by atoms with E-state index in [0.717, 1.165) is 0 Å². The van der Waals surface area contributed by atoms with Gasteiger partial charge in [0.15, 0.2) is 11.5 Å². The Balaban J connectivity index is 2.97. The molecule has 1 rings (SSSR count). The molecule has 1 aromatic rings.